The van der Waals surface area contributed by atoms with Crippen molar-refractivity contribution in [2.45, 2.75) is 26.2 Å². The molecule has 1 atom stereocenters. The molecule has 1 unspecified atom stereocenters. The topological polar surface area (TPSA) is 65.9 Å². The number of aliphatic hydroxyl groups is 1. The summed E-state index contributed by atoms with van der Waals surface area (Å²) in [4.78, 5) is 4.77. The molecule has 0 amide bonds. The Morgan fingerprint density at radius 3 is 2.78 bits per heavy atom. The molecule has 1 aliphatic rings. The number of nitrogens with zero attached hydrogens (tertiary/aromatic N) is 1. The molecule has 0 spiro atoms. The molecule has 2 aromatic rings. The van der Waals surface area contributed by atoms with E-state index in [1.54, 1.807) is 0 Å². The summed E-state index contributed by atoms with van der Waals surface area (Å²) in [5.41, 5.74) is 1.30. The zero-order valence-electron chi connectivity index (χ0n) is 16.2. The molecule has 0 aliphatic carbocycles. The first-order chi connectivity index (χ1) is 13.2. The van der Waals surface area contributed by atoms with Crippen LogP contribution in [0.15, 0.2) is 47.5 Å². The van der Waals surface area contributed by atoms with Crippen molar-refractivity contribution in [3.8, 4) is 0 Å². The molecule has 2 aromatic carbocycles. The van der Waals surface area contributed by atoms with Gasteiger partial charge in [0.25, 0.3) is 0 Å². The summed E-state index contributed by atoms with van der Waals surface area (Å²) in [5, 5.41) is 18.7. The normalized spacial score (nSPS) is 20.1. The summed E-state index contributed by atoms with van der Waals surface area (Å²) in [6.45, 7) is 6.04. The molecule has 1 aliphatic heterocycles. The Morgan fingerprint density at radius 1 is 1.19 bits per heavy atom. The van der Waals surface area contributed by atoms with E-state index in [4.69, 9.17) is 9.73 Å². The third kappa shape index (κ3) is 5.44. The van der Waals surface area contributed by atoms with Crippen LogP contribution in [0.25, 0.3) is 10.8 Å². The molecule has 3 rings (SSSR count). The number of aliphatic hydroxyl groups excluding tert-OH is 1. The third-order valence-corrected chi connectivity index (χ3v) is 5.26. The molecule has 1 heterocycles. The van der Waals surface area contributed by atoms with E-state index in [0.29, 0.717) is 13.2 Å². The number of aliphatic imine (C=N–C) groups is 1. The minimum Gasteiger partial charge on any atom is -0.396 e. The highest BCUT2D eigenvalue weighted by Crippen LogP contribution is 2.32. The fourth-order valence-electron chi connectivity index (χ4n) is 3.60. The number of benzene rings is 2. The Kier molecular flexibility index (Phi) is 7.07. The summed E-state index contributed by atoms with van der Waals surface area (Å²) in [7, 11) is 0. The van der Waals surface area contributed by atoms with E-state index in [9.17, 15) is 5.11 Å². The Morgan fingerprint density at radius 2 is 2.04 bits per heavy atom. The van der Waals surface area contributed by atoms with Crippen LogP contribution in [0.2, 0.25) is 0 Å². The van der Waals surface area contributed by atoms with Gasteiger partial charge in [-0.15, -0.1) is 0 Å². The number of guanidine groups is 1. The lowest BCUT2D eigenvalue weighted by molar-refractivity contribution is 0.131. The number of hydrogen-bond acceptors (Lipinski definition) is 3. The maximum atomic E-state index is 9.37. The fraction of sp³-hybridized carbons (Fsp3) is 0.500. The smallest absolute Gasteiger partial charge is 0.191 e. The maximum absolute atomic E-state index is 9.37. The largest absolute Gasteiger partial charge is 0.396 e. The monoisotopic (exact) mass is 369 g/mol. The summed E-state index contributed by atoms with van der Waals surface area (Å²) < 4.78 is 5.56. The van der Waals surface area contributed by atoms with Gasteiger partial charge in [-0.3, -0.25) is 4.99 Å². The SMILES string of the molecule is CCNC(=NCC1(CCO)CCOC1)NCCc1ccc2ccccc2c1. The van der Waals surface area contributed by atoms with Gasteiger partial charge in [-0.1, -0.05) is 42.5 Å². The van der Waals surface area contributed by atoms with Crippen LogP contribution in [-0.2, 0) is 11.2 Å². The average Bonchev–Trinajstić information content (AvgIpc) is 3.15. The van der Waals surface area contributed by atoms with E-state index in [0.717, 1.165) is 44.9 Å². The van der Waals surface area contributed by atoms with E-state index in [-0.39, 0.29) is 12.0 Å². The lowest BCUT2D eigenvalue weighted by Crippen LogP contribution is -2.39. The quantitative estimate of drug-likeness (QED) is 0.494. The molecular weight excluding hydrogens is 338 g/mol. The van der Waals surface area contributed by atoms with Gasteiger partial charge in [0, 0.05) is 31.7 Å². The number of fused-ring (bicyclic) bond motifs is 1. The number of rotatable bonds is 8. The van der Waals surface area contributed by atoms with Crippen LogP contribution in [0.5, 0.6) is 0 Å². The van der Waals surface area contributed by atoms with Crippen molar-refractivity contribution in [1.82, 2.24) is 10.6 Å². The van der Waals surface area contributed by atoms with Gasteiger partial charge in [-0.05, 0) is 42.5 Å². The highest BCUT2D eigenvalue weighted by molar-refractivity contribution is 5.83. The van der Waals surface area contributed by atoms with Gasteiger partial charge in [0.05, 0.1) is 13.2 Å². The van der Waals surface area contributed by atoms with Crippen molar-refractivity contribution in [2.75, 3.05) is 39.5 Å². The number of hydrogen-bond donors (Lipinski definition) is 3. The van der Waals surface area contributed by atoms with Crippen LogP contribution < -0.4 is 10.6 Å². The molecule has 0 aromatic heterocycles. The van der Waals surface area contributed by atoms with Gasteiger partial charge >= 0.3 is 0 Å². The van der Waals surface area contributed by atoms with Crippen molar-refractivity contribution in [1.29, 1.82) is 0 Å². The van der Waals surface area contributed by atoms with Crippen LogP contribution in [0.3, 0.4) is 0 Å². The highest BCUT2D eigenvalue weighted by Gasteiger charge is 2.34. The molecule has 1 saturated heterocycles. The molecule has 5 heteroatoms. The van der Waals surface area contributed by atoms with Crippen molar-refractivity contribution in [3.63, 3.8) is 0 Å². The van der Waals surface area contributed by atoms with E-state index in [2.05, 4.69) is 60.0 Å². The van der Waals surface area contributed by atoms with Crippen LogP contribution in [0, 0.1) is 5.41 Å². The molecular formula is C22H31N3O2. The minimum atomic E-state index is -0.0184. The van der Waals surface area contributed by atoms with Crippen LogP contribution >= 0.6 is 0 Å². The average molecular weight is 370 g/mol. The third-order valence-electron chi connectivity index (χ3n) is 5.26. The molecule has 0 bridgehead atoms. The Hall–Kier alpha value is -2.11. The van der Waals surface area contributed by atoms with Gasteiger partial charge in [0.15, 0.2) is 5.96 Å². The zero-order chi connectivity index (χ0) is 19.0. The lowest BCUT2D eigenvalue weighted by atomic mass is 9.84. The molecule has 0 saturated carbocycles. The zero-order valence-corrected chi connectivity index (χ0v) is 16.2. The second-order valence-corrected chi connectivity index (χ2v) is 7.33. The molecule has 0 radical (unpaired) electrons. The first-order valence-electron chi connectivity index (χ1n) is 9.93. The predicted molar refractivity (Wildman–Crippen MR) is 111 cm³/mol. The van der Waals surface area contributed by atoms with Gasteiger partial charge in [-0.2, -0.15) is 0 Å². The van der Waals surface area contributed by atoms with Crippen molar-refractivity contribution in [2.24, 2.45) is 10.4 Å². The first kappa shape index (κ1) is 19.6. The van der Waals surface area contributed by atoms with Crippen LogP contribution in [-0.4, -0.2) is 50.5 Å². The Bertz CT molecular complexity index is 754. The molecule has 146 valence electrons. The Balaban J connectivity index is 1.56. The van der Waals surface area contributed by atoms with E-state index in [1.807, 2.05) is 0 Å². The molecule has 1 fully saturated rings. The van der Waals surface area contributed by atoms with Crippen LogP contribution in [0.1, 0.15) is 25.3 Å². The maximum Gasteiger partial charge on any atom is 0.191 e. The number of ether oxygens (including phenoxy) is 1. The van der Waals surface area contributed by atoms with Crippen LogP contribution in [0.4, 0.5) is 0 Å². The summed E-state index contributed by atoms with van der Waals surface area (Å²) in [6.07, 6.45) is 2.65. The van der Waals surface area contributed by atoms with Gasteiger partial charge < -0.3 is 20.5 Å². The highest BCUT2D eigenvalue weighted by atomic mass is 16.5. The van der Waals surface area contributed by atoms with Gasteiger partial charge in [0.2, 0.25) is 0 Å². The van der Waals surface area contributed by atoms with E-state index >= 15 is 0 Å². The van der Waals surface area contributed by atoms with Crippen molar-refractivity contribution in [3.05, 3.63) is 48.0 Å². The summed E-state index contributed by atoms with van der Waals surface area (Å²) in [6, 6.07) is 15.1. The summed E-state index contributed by atoms with van der Waals surface area (Å²) >= 11 is 0. The lowest BCUT2D eigenvalue weighted by Gasteiger charge is -2.24. The van der Waals surface area contributed by atoms with E-state index < -0.39 is 0 Å². The summed E-state index contributed by atoms with van der Waals surface area (Å²) in [5.74, 6) is 0.836. The second-order valence-electron chi connectivity index (χ2n) is 7.33. The fourth-order valence-corrected chi connectivity index (χ4v) is 3.60. The molecule has 27 heavy (non-hydrogen) atoms. The van der Waals surface area contributed by atoms with Crippen molar-refractivity contribution >= 4 is 16.7 Å². The second kappa shape index (κ2) is 9.72. The van der Waals surface area contributed by atoms with Gasteiger partial charge in [0.1, 0.15) is 0 Å². The Labute approximate surface area is 161 Å². The molecule has 3 N–H and O–H groups in total. The standard InChI is InChI=1S/C22H31N3O2/c1-2-23-21(25-16-22(10-13-26)11-14-27-17-22)24-12-9-18-7-8-19-5-3-4-6-20(19)15-18/h3-8,15,26H,2,9-14,16-17H2,1H3,(H2,23,24,25). The van der Waals surface area contributed by atoms with Crippen molar-refractivity contribution < 1.29 is 9.84 Å². The molecule has 5 nitrogen and oxygen atoms in total. The predicted octanol–water partition coefficient (Wildman–Crippen LogP) is 2.73. The van der Waals surface area contributed by atoms with E-state index in [1.165, 1.54) is 16.3 Å². The first-order valence-corrected chi connectivity index (χ1v) is 9.93. The number of nitrogens with one attached hydrogen (secondary N) is 2. The van der Waals surface area contributed by atoms with Gasteiger partial charge in [-0.25, -0.2) is 0 Å². The minimum absolute atomic E-state index is 0.0184.